The van der Waals surface area contributed by atoms with Gasteiger partial charge in [-0.2, -0.15) is 0 Å². The highest BCUT2D eigenvalue weighted by Gasteiger charge is 2.00. The summed E-state index contributed by atoms with van der Waals surface area (Å²) in [5.74, 6) is 0.992. The summed E-state index contributed by atoms with van der Waals surface area (Å²) in [6.07, 6.45) is 7.39. The van der Waals surface area contributed by atoms with E-state index in [1.165, 1.54) is 18.4 Å². The molecule has 0 aliphatic carbocycles. The van der Waals surface area contributed by atoms with Crippen LogP contribution in [-0.2, 0) is 6.42 Å². The lowest BCUT2D eigenvalue weighted by Crippen LogP contribution is -2.01. The van der Waals surface area contributed by atoms with Gasteiger partial charge < -0.3 is 10.5 Å². The molecular formula is C15H23NO. The Labute approximate surface area is 104 Å². The molecule has 2 heteroatoms. The van der Waals surface area contributed by atoms with E-state index in [0.29, 0.717) is 0 Å². The molecule has 1 aromatic carbocycles. The van der Waals surface area contributed by atoms with E-state index in [1.54, 1.807) is 0 Å². The minimum Gasteiger partial charge on any atom is -0.493 e. The fourth-order valence-electron chi connectivity index (χ4n) is 1.75. The number of rotatable bonds is 9. The molecule has 0 saturated heterocycles. The summed E-state index contributed by atoms with van der Waals surface area (Å²) >= 11 is 0. The smallest absolute Gasteiger partial charge is 0.122 e. The molecule has 0 aliphatic rings. The zero-order valence-electron chi connectivity index (χ0n) is 10.5. The first-order chi connectivity index (χ1) is 8.38. The van der Waals surface area contributed by atoms with Gasteiger partial charge in [-0.05, 0) is 37.4 Å². The predicted octanol–water partition coefficient (Wildman–Crippen LogP) is 3.31. The molecule has 2 nitrogen and oxygen atoms in total. The minimum absolute atomic E-state index is 0.790. The van der Waals surface area contributed by atoms with Gasteiger partial charge in [-0.15, -0.1) is 6.58 Å². The Balaban J connectivity index is 2.28. The monoisotopic (exact) mass is 233 g/mol. The lowest BCUT2D eigenvalue weighted by atomic mass is 10.1. The first-order valence-corrected chi connectivity index (χ1v) is 6.40. The summed E-state index contributed by atoms with van der Waals surface area (Å²) in [4.78, 5) is 0. The molecule has 0 saturated carbocycles. The number of benzene rings is 1. The van der Waals surface area contributed by atoms with E-state index < -0.39 is 0 Å². The van der Waals surface area contributed by atoms with E-state index >= 15 is 0 Å². The van der Waals surface area contributed by atoms with Crippen molar-refractivity contribution in [3.8, 4) is 5.75 Å². The van der Waals surface area contributed by atoms with Crippen molar-refractivity contribution in [2.75, 3.05) is 13.2 Å². The zero-order chi connectivity index (χ0) is 12.3. The van der Waals surface area contributed by atoms with Gasteiger partial charge in [0.15, 0.2) is 0 Å². The zero-order valence-corrected chi connectivity index (χ0v) is 10.5. The highest BCUT2D eigenvalue weighted by molar-refractivity contribution is 5.34. The molecule has 1 rings (SSSR count). The Morgan fingerprint density at radius 3 is 2.65 bits per heavy atom. The summed E-state index contributed by atoms with van der Waals surface area (Å²) in [5, 5.41) is 0. The third-order valence-electron chi connectivity index (χ3n) is 2.69. The molecule has 0 unspecified atom stereocenters. The number of hydrogen-bond acceptors (Lipinski definition) is 2. The standard InChI is InChI=1S/C15H23NO/c1-2-9-14-10-5-6-11-15(14)17-13-8-4-3-7-12-16/h2,5-6,10-11H,1,3-4,7-9,12-13,16H2. The van der Waals surface area contributed by atoms with Crippen molar-refractivity contribution in [3.63, 3.8) is 0 Å². The summed E-state index contributed by atoms with van der Waals surface area (Å²) in [6, 6.07) is 8.16. The maximum atomic E-state index is 5.79. The molecule has 17 heavy (non-hydrogen) atoms. The first kappa shape index (κ1) is 13.8. The molecule has 2 N–H and O–H groups in total. The van der Waals surface area contributed by atoms with Gasteiger partial charge in [-0.1, -0.05) is 37.1 Å². The van der Waals surface area contributed by atoms with Crippen molar-refractivity contribution in [2.45, 2.75) is 32.1 Å². The number of ether oxygens (including phenoxy) is 1. The molecule has 0 radical (unpaired) electrons. The molecule has 0 fully saturated rings. The topological polar surface area (TPSA) is 35.2 Å². The normalized spacial score (nSPS) is 10.2. The van der Waals surface area contributed by atoms with Gasteiger partial charge in [-0.25, -0.2) is 0 Å². The Morgan fingerprint density at radius 1 is 1.12 bits per heavy atom. The van der Waals surface area contributed by atoms with Crippen LogP contribution in [0.5, 0.6) is 5.75 Å². The average Bonchev–Trinajstić information content (AvgIpc) is 2.36. The maximum absolute atomic E-state index is 5.79. The van der Waals surface area contributed by atoms with Gasteiger partial charge in [0.2, 0.25) is 0 Å². The second kappa shape index (κ2) is 8.82. The van der Waals surface area contributed by atoms with Crippen molar-refractivity contribution >= 4 is 0 Å². The van der Waals surface area contributed by atoms with Crippen LogP contribution in [0.15, 0.2) is 36.9 Å². The van der Waals surface area contributed by atoms with Gasteiger partial charge in [0.05, 0.1) is 6.61 Å². The van der Waals surface area contributed by atoms with Gasteiger partial charge in [0, 0.05) is 0 Å². The van der Waals surface area contributed by atoms with Crippen LogP contribution < -0.4 is 10.5 Å². The summed E-state index contributed by atoms with van der Waals surface area (Å²) in [5.41, 5.74) is 6.66. The van der Waals surface area contributed by atoms with E-state index in [1.807, 2.05) is 24.3 Å². The van der Waals surface area contributed by atoms with E-state index in [2.05, 4.69) is 12.6 Å². The Bertz CT molecular complexity index is 322. The third kappa shape index (κ3) is 5.55. The van der Waals surface area contributed by atoms with Crippen molar-refractivity contribution in [3.05, 3.63) is 42.5 Å². The van der Waals surface area contributed by atoms with Crippen LogP contribution in [-0.4, -0.2) is 13.2 Å². The highest BCUT2D eigenvalue weighted by atomic mass is 16.5. The summed E-state index contributed by atoms with van der Waals surface area (Å²) in [7, 11) is 0. The number of para-hydroxylation sites is 1. The van der Waals surface area contributed by atoms with Gasteiger partial charge in [-0.3, -0.25) is 0 Å². The second-order valence-electron chi connectivity index (χ2n) is 4.15. The van der Waals surface area contributed by atoms with Gasteiger partial charge in [0.25, 0.3) is 0 Å². The molecule has 0 aromatic heterocycles. The minimum atomic E-state index is 0.790. The number of hydrogen-bond donors (Lipinski definition) is 1. The van der Waals surface area contributed by atoms with E-state index in [9.17, 15) is 0 Å². The number of unbranched alkanes of at least 4 members (excludes halogenated alkanes) is 3. The summed E-state index contributed by atoms with van der Waals surface area (Å²) in [6.45, 7) is 5.34. The molecule has 1 aromatic rings. The molecule has 0 spiro atoms. The highest BCUT2D eigenvalue weighted by Crippen LogP contribution is 2.19. The summed E-state index contributed by atoms with van der Waals surface area (Å²) < 4.78 is 5.79. The van der Waals surface area contributed by atoms with Crippen molar-refractivity contribution in [1.29, 1.82) is 0 Å². The molecule has 0 atom stereocenters. The lowest BCUT2D eigenvalue weighted by Gasteiger charge is -2.10. The van der Waals surface area contributed by atoms with Crippen LogP contribution in [0.4, 0.5) is 0 Å². The van der Waals surface area contributed by atoms with Crippen molar-refractivity contribution in [2.24, 2.45) is 5.73 Å². The lowest BCUT2D eigenvalue weighted by molar-refractivity contribution is 0.302. The molecule has 0 aliphatic heterocycles. The van der Waals surface area contributed by atoms with Crippen molar-refractivity contribution in [1.82, 2.24) is 0 Å². The van der Waals surface area contributed by atoms with Crippen LogP contribution in [0.2, 0.25) is 0 Å². The molecule has 94 valence electrons. The SMILES string of the molecule is C=CCc1ccccc1OCCCCCCN. The Morgan fingerprint density at radius 2 is 1.88 bits per heavy atom. The van der Waals surface area contributed by atoms with Crippen LogP contribution in [0.3, 0.4) is 0 Å². The van der Waals surface area contributed by atoms with E-state index in [4.69, 9.17) is 10.5 Å². The quantitative estimate of drug-likeness (QED) is 0.524. The van der Waals surface area contributed by atoms with Gasteiger partial charge >= 0.3 is 0 Å². The van der Waals surface area contributed by atoms with Gasteiger partial charge in [0.1, 0.15) is 5.75 Å². The van der Waals surface area contributed by atoms with Crippen molar-refractivity contribution < 1.29 is 4.74 Å². The fraction of sp³-hybridized carbons (Fsp3) is 0.467. The molecular weight excluding hydrogens is 210 g/mol. The van der Waals surface area contributed by atoms with E-state index in [0.717, 1.165) is 38.2 Å². The average molecular weight is 233 g/mol. The molecule has 0 amide bonds. The second-order valence-corrected chi connectivity index (χ2v) is 4.15. The number of allylic oxidation sites excluding steroid dienone is 1. The first-order valence-electron chi connectivity index (χ1n) is 6.40. The molecule has 0 heterocycles. The largest absolute Gasteiger partial charge is 0.493 e. The van der Waals surface area contributed by atoms with Crippen LogP contribution in [0.25, 0.3) is 0 Å². The van der Waals surface area contributed by atoms with E-state index in [-0.39, 0.29) is 0 Å². The van der Waals surface area contributed by atoms with Crippen LogP contribution >= 0.6 is 0 Å². The Hall–Kier alpha value is -1.28. The predicted molar refractivity (Wildman–Crippen MR) is 73.4 cm³/mol. The third-order valence-corrected chi connectivity index (χ3v) is 2.69. The number of nitrogens with two attached hydrogens (primary N) is 1. The van der Waals surface area contributed by atoms with Crippen LogP contribution in [0, 0.1) is 0 Å². The maximum Gasteiger partial charge on any atom is 0.122 e. The molecule has 0 bridgehead atoms. The van der Waals surface area contributed by atoms with Crippen LogP contribution in [0.1, 0.15) is 31.2 Å². The Kier molecular flexibility index (Phi) is 7.15. The fourth-order valence-corrected chi connectivity index (χ4v) is 1.75.